The minimum atomic E-state index is -0.675. The summed E-state index contributed by atoms with van der Waals surface area (Å²) >= 11 is 0. The van der Waals surface area contributed by atoms with Gasteiger partial charge in [0.1, 0.15) is 0 Å². The van der Waals surface area contributed by atoms with E-state index < -0.39 is 11.6 Å². The van der Waals surface area contributed by atoms with Crippen molar-refractivity contribution in [1.29, 1.82) is 0 Å². The van der Waals surface area contributed by atoms with E-state index in [4.69, 9.17) is 0 Å². The van der Waals surface area contributed by atoms with Crippen LogP contribution in [0.4, 0.5) is 8.78 Å². The highest BCUT2D eigenvalue weighted by atomic mass is 19.2. The highest BCUT2D eigenvalue weighted by molar-refractivity contribution is 5.67. The maximum Gasteiger partial charge on any atom is 0.166 e. The van der Waals surface area contributed by atoms with E-state index in [1.54, 1.807) is 12.1 Å². The molecule has 0 amide bonds. The Balaban J connectivity index is 2.09. The van der Waals surface area contributed by atoms with E-state index in [2.05, 4.69) is 18.2 Å². The summed E-state index contributed by atoms with van der Waals surface area (Å²) in [5.74, 6) is -0.674. The Morgan fingerprint density at radius 1 is 1.24 bits per heavy atom. The van der Waals surface area contributed by atoms with E-state index in [-0.39, 0.29) is 0 Å². The van der Waals surface area contributed by atoms with Crippen LogP contribution < -0.4 is 0 Å². The molecule has 0 radical (unpaired) electrons. The molecular weight excluding hydrogens is 266 g/mol. The molecule has 114 valence electrons. The molecule has 0 nitrogen and oxygen atoms in total. The summed E-state index contributed by atoms with van der Waals surface area (Å²) in [6, 6.07) is 3.45. The minimum Gasteiger partial charge on any atom is -0.203 e. The molecule has 1 aromatic carbocycles. The third-order valence-electron chi connectivity index (χ3n) is 4.39. The first-order chi connectivity index (χ1) is 10.2. The summed E-state index contributed by atoms with van der Waals surface area (Å²) in [5.41, 5.74) is 1.88. The molecule has 2 rings (SSSR count). The molecule has 21 heavy (non-hydrogen) atoms. The Morgan fingerprint density at radius 3 is 2.67 bits per heavy atom. The predicted octanol–water partition coefficient (Wildman–Crippen LogP) is 6.07. The summed E-state index contributed by atoms with van der Waals surface area (Å²) < 4.78 is 28.0. The van der Waals surface area contributed by atoms with Crippen LogP contribution in [0.5, 0.6) is 0 Å². The van der Waals surface area contributed by atoms with Crippen molar-refractivity contribution in [3.05, 3.63) is 53.1 Å². The van der Waals surface area contributed by atoms with Crippen molar-refractivity contribution >= 4 is 5.57 Å². The number of halogens is 2. The molecule has 0 spiro atoms. The number of hydrogen-bond donors (Lipinski definition) is 0. The summed E-state index contributed by atoms with van der Waals surface area (Å²) in [5, 5.41) is 0. The molecule has 0 saturated carbocycles. The third-order valence-corrected chi connectivity index (χ3v) is 4.39. The van der Waals surface area contributed by atoms with Crippen molar-refractivity contribution in [2.75, 3.05) is 0 Å². The fourth-order valence-corrected chi connectivity index (χ4v) is 3.00. The molecule has 2 heteroatoms. The van der Waals surface area contributed by atoms with E-state index in [1.807, 2.05) is 13.8 Å². The monoisotopic (exact) mass is 290 g/mol. The van der Waals surface area contributed by atoms with Gasteiger partial charge in [-0.1, -0.05) is 37.3 Å². The molecule has 0 fully saturated rings. The number of hydrogen-bond acceptors (Lipinski definition) is 0. The van der Waals surface area contributed by atoms with Crippen molar-refractivity contribution in [2.24, 2.45) is 5.92 Å². The molecule has 1 aliphatic carbocycles. The number of allylic oxidation sites excluding steroid dienone is 4. The van der Waals surface area contributed by atoms with Crippen LogP contribution in [0.2, 0.25) is 0 Å². The van der Waals surface area contributed by atoms with Crippen LogP contribution in [0.15, 0.2) is 30.4 Å². The van der Waals surface area contributed by atoms with Gasteiger partial charge < -0.3 is 0 Å². The van der Waals surface area contributed by atoms with Crippen molar-refractivity contribution in [2.45, 2.75) is 52.4 Å². The molecule has 0 saturated heterocycles. The summed E-state index contributed by atoms with van der Waals surface area (Å²) in [4.78, 5) is 0. The standard InChI is InChI=1S/C19H24F2/c1-3-5-6-7-14-8-10-16(11-9-14)17-13-12-15(4-2)18(20)19(17)21/h3,5,10,12-14H,4,6-9,11H2,1-2H3. The zero-order valence-electron chi connectivity index (χ0n) is 13.0. The van der Waals surface area contributed by atoms with Gasteiger partial charge in [-0.3, -0.25) is 0 Å². The average molecular weight is 290 g/mol. The Labute approximate surface area is 126 Å². The Morgan fingerprint density at radius 2 is 2.05 bits per heavy atom. The van der Waals surface area contributed by atoms with E-state index >= 15 is 0 Å². The molecule has 1 aromatic rings. The van der Waals surface area contributed by atoms with Crippen molar-refractivity contribution in [3.63, 3.8) is 0 Å². The van der Waals surface area contributed by atoms with Gasteiger partial charge in [0.2, 0.25) is 0 Å². The molecule has 0 heterocycles. The Bertz CT molecular complexity index is 541. The third kappa shape index (κ3) is 3.81. The van der Waals surface area contributed by atoms with Crippen LogP contribution >= 0.6 is 0 Å². The fourth-order valence-electron chi connectivity index (χ4n) is 3.00. The quantitative estimate of drug-likeness (QED) is 0.577. The topological polar surface area (TPSA) is 0 Å². The highest BCUT2D eigenvalue weighted by Crippen LogP contribution is 2.34. The lowest BCUT2D eigenvalue weighted by Gasteiger charge is -2.22. The molecule has 0 aromatic heterocycles. The Hall–Kier alpha value is -1.44. The van der Waals surface area contributed by atoms with Gasteiger partial charge >= 0.3 is 0 Å². The molecule has 0 aliphatic heterocycles. The largest absolute Gasteiger partial charge is 0.203 e. The van der Waals surface area contributed by atoms with Crippen molar-refractivity contribution in [1.82, 2.24) is 0 Å². The summed E-state index contributed by atoms with van der Waals surface area (Å²) in [7, 11) is 0. The molecule has 1 unspecified atom stereocenters. The van der Waals surface area contributed by atoms with Gasteiger partial charge in [-0.05, 0) is 62.5 Å². The first-order valence-corrected chi connectivity index (χ1v) is 7.94. The average Bonchev–Trinajstić information content (AvgIpc) is 2.51. The number of benzene rings is 1. The molecule has 1 atom stereocenters. The van der Waals surface area contributed by atoms with E-state index in [1.165, 1.54) is 6.42 Å². The predicted molar refractivity (Wildman–Crippen MR) is 85.1 cm³/mol. The summed E-state index contributed by atoms with van der Waals surface area (Å²) in [6.45, 7) is 3.88. The molecular formula is C19H24F2. The zero-order valence-corrected chi connectivity index (χ0v) is 13.0. The maximum absolute atomic E-state index is 14.2. The van der Waals surface area contributed by atoms with Crippen LogP contribution in [-0.2, 0) is 6.42 Å². The minimum absolute atomic E-state index is 0.455. The molecule has 1 aliphatic rings. The van der Waals surface area contributed by atoms with Crippen LogP contribution in [0.25, 0.3) is 5.57 Å². The van der Waals surface area contributed by atoms with Gasteiger partial charge in [-0.15, -0.1) is 0 Å². The van der Waals surface area contributed by atoms with Crippen LogP contribution in [0, 0.1) is 17.6 Å². The number of rotatable bonds is 5. The van der Waals surface area contributed by atoms with Gasteiger partial charge in [0.15, 0.2) is 11.6 Å². The lowest BCUT2D eigenvalue weighted by molar-refractivity contribution is 0.452. The Kier molecular flexibility index (Phi) is 5.72. The van der Waals surface area contributed by atoms with Gasteiger partial charge in [0.25, 0.3) is 0 Å². The van der Waals surface area contributed by atoms with E-state index in [0.717, 1.165) is 31.3 Å². The van der Waals surface area contributed by atoms with E-state index in [9.17, 15) is 8.78 Å². The van der Waals surface area contributed by atoms with Crippen LogP contribution in [-0.4, -0.2) is 0 Å². The maximum atomic E-state index is 14.2. The molecule has 0 N–H and O–H groups in total. The lowest BCUT2D eigenvalue weighted by atomic mass is 9.84. The second kappa shape index (κ2) is 7.53. The first-order valence-electron chi connectivity index (χ1n) is 7.94. The van der Waals surface area contributed by atoms with Gasteiger partial charge in [-0.2, -0.15) is 0 Å². The van der Waals surface area contributed by atoms with Crippen LogP contribution in [0.1, 0.15) is 57.1 Å². The van der Waals surface area contributed by atoms with E-state index in [0.29, 0.717) is 23.5 Å². The smallest absolute Gasteiger partial charge is 0.166 e. The highest BCUT2D eigenvalue weighted by Gasteiger charge is 2.19. The van der Waals surface area contributed by atoms with Crippen molar-refractivity contribution < 1.29 is 8.78 Å². The molecule has 0 bridgehead atoms. The normalized spacial score (nSPS) is 19.0. The van der Waals surface area contributed by atoms with Gasteiger partial charge in [0.05, 0.1) is 0 Å². The van der Waals surface area contributed by atoms with Crippen molar-refractivity contribution in [3.8, 4) is 0 Å². The second-order valence-electron chi connectivity index (χ2n) is 5.77. The number of aryl methyl sites for hydroxylation is 1. The van der Waals surface area contributed by atoms with Gasteiger partial charge in [0, 0.05) is 5.56 Å². The summed E-state index contributed by atoms with van der Waals surface area (Å²) in [6.07, 6.45) is 12.1. The fraction of sp³-hybridized carbons (Fsp3) is 0.474. The van der Waals surface area contributed by atoms with Crippen LogP contribution in [0.3, 0.4) is 0 Å². The second-order valence-corrected chi connectivity index (χ2v) is 5.77. The SMILES string of the molecule is CC=CCCC1CC=C(c2ccc(CC)c(F)c2F)CC1. The van der Waals surface area contributed by atoms with Gasteiger partial charge in [-0.25, -0.2) is 8.78 Å². The lowest BCUT2D eigenvalue weighted by Crippen LogP contribution is -2.07. The zero-order chi connectivity index (χ0) is 15.2. The first kappa shape index (κ1) is 15.9.